The van der Waals surface area contributed by atoms with Crippen molar-refractivity contribution in [1.29, 1.82) is 0 Å². The molecule has 3 rings (SSSR count). The number of hydrogen-bond acceptors (Lipinski definition) is 4. The molecule has 0 bridgehead atoms. The number of nitrogens with one attached hydrogen (secondary N) is 1. The molecule has 1 spiro atoms. The highest BCUT2D eigenvalue weighted by molar-refractivity contribution is 5.92. The summed E-state index contributed by atoms with van der Waals surface area (Å²) in [5.74, 6) is -0.952. The smallest absolute Gasteiger partial charge is 0.238 e. The predicted molar refractivity (Wildman–Crippen MR) is 75.3 cm³/mol. The summed E-state index contributed by atoms with van der Waals surface area (Å²) in [5.41, 5.74) is 0.599. The molecule has 21 heavy (non-hydrogen) atoms. The molecular formula is C15H19FN2O3. The van der Waals surface area contributed by atoms with Gasteiger partial charge in [0.05, 0.1) is 26.3 Å². The van der Waals surface area contributed by atoms with Crippen LogP contribution in [-0.4, -0.2) is 49.4 Å². The second kappa shape index (κ2) is 6.09. The average molecular weight is 294 g/mol. The van der Waals surface area contributed by atoms with Crippen LogP contribution in [0.15, 0.2) is 24.3 Å². The van der Waals surface area contributed by atoms with Gasteiger partial charge in [-0.1, -0.05) is 0 Å². The Balaban J connectivity index is 1.53. The molecular weight excluding hydrogens is 275 g/mol. The van der Waals surface area contributed by atoms with Gasteiger partial charge in [0.25, 0.3) is 0 Å². The van der Waals surface area contributed by atoms with Gasteiger partial charge in [-0.2, -0.15) is 0 Å². The average Bonchev–Trinajstić information content (AvgIpc) is 2.89. The lowest BCUT2D eigenvalue weighted by Gasteiger charge is -2.38. The van der Waals surface area contributed by atoms with E-state index in [4.69, 9.17) is 9.47 Å². The fraction of sp³-hybridized carbons (Fsp3) is 0.533. The van der Waals surface area contributed by atoms with Crippen LogP contribution in [0, 0.1) is 5.82 Å². The lowest BCUT2D eigenvalue weighted by atomic mass is 10.0. The number of anilines is 1. The van der Waals surface area contributed by atoms with Crippen LogP contribution in [0.5, 0.6) is 0 Å². The fourth-order valence-corrected chi connectivity index (χ4v) is 2.88. The van der Waals surface area contributed by atoms with Crippen molar-refractivity contribution in [3.8, 4) is 0 Å². The normalized spacial score (nSPS) is 21.6. The van der Waals surface area contributed by atoms with E-state index in [1.807, 2.05) is 4.90 Å². The Morgan fingerprint density at radius 1 is 1.29 bits per heavy atom. The van der Waals surface area contributed by atoms with E-state index in [1.165, 1.54) is 12.1 Å². The highest BCUT2D eigenvalue weighted by Crippen LogP contribution is 2.29. The van der Waals surface area contributed by atoms with Crippen molar-refractivity contribution in [2.75, 3.05) is 38.2 Å². The molecule has 0 aromatic heterocycles. The number of benzene rings is 1. The summed E-state index contributed by atoms with van der Waals surface area (Å²) in [6.45, 7) is 2.99. The van der Waals surface area contributed by atoms with Gasteiger partial charge in [0.1, 0.15) is 5.82 Å². The molecule has 1 N–H and O–H groups in total. The first-order valence-electron chi connectivity index (χ1n) is 7.21. The van der Waals surface area contributed by atoms with Crippen LogP contribution in [0.4, 0.5) is 10.1 Å². The Morgan fingerprint density at radius 3 is 2.71 bits per heavy atom. The standard InChI is InChI=1S/C15H19FN2O3/c16-12-2-4-13(5-3-12)17-14(19)10-18-7-1-6-15(11-18)20-8-9-21-15/h2-5H,1,6-11H2,(H,17,19). The summed E-state index contributed by atoms with van der Waals surface area (Å²) in [7, 11) is 0. The molecule has 1 aromatic carbocycles. The number of halogens is 1. The van der Waals surface area contributed by atoms with Crippen molar-refractivity contribution in [1.82, 2.24) is 4.90 Å². The van der Waals surface area contributed by atoms with Gasteiger partial charge in [-0.25, -0.2) is 4.39 Å². The number of rotatable bonds is 3. The van der Waals surface area contributed by atoms with E-state index >= 15 is 0 Å². The van der Waals surface area contributed by atoms with Gasteiger partial charge in [-0.3, -0.25) is 9.69 Å². The zero-order chi connectivity index (χ0) is 14.7. The van der Waals surface area contributed by atoms with Gasteiger partial charge in [-0.15, -0.1) is 0 Å². The molecule has 2 saturated heterocycles. The van der Waals surface area contributed by atoms with E-state index in [-0.39, 0.29) is 18.3 Å². The number of likely N-dealkylation sites (tertiary alicyclic amines) is 1. The Hall–Kier alpha value is -1.50. The Kier molecular flexibility index (Phi) is 4.19. The van der Waals surface area contributed by atoms with Crippen molar-refractivity contribution >= 4 is 11.6 Å². The lowest BCUT2D eigenvalue weighted by molar-refractivity contribution is -0.189. The molecule has 1 aromatic rings. The first-order chi connectivity index (χ1) is 10.2. The lowest BCUT2D eigenvalue weighted by Crippen LogP contribution is -2.50. The maximum Gasteiger partial charge on any atom is 0.238 e. The third kappa shape index (κ3) is 3.58. The summed E-state index contributed by atoms with van der Waals surface area (Å²) in [5, 5.41) is 2.77. The second-order valence-electron chi connectivity index (χ2n) is 5.48. The minimum absolute atomic E-state index is 0.114. The molecule has 2 aliphatic rings. The van der Waals surface area contributed by atoms with Crippen molar-refractivity contribution in [2.45, 2.75) is 18.6 Å². The quantitative estimate of drug-likeness (QED) is 0.920. The van der Waals surface area contributed by atoms with E-state index in [0.717, 1.165) is 19.4 Å². The molecule has 1 amide bonds. The molecule has 2 aliphatic heterocycles. The SMILES string of the molecule is O=C(CN1CCCC2(C1)OCCO2)Nc1ccc(F)cc1. The predicted octanol–water partition coefficient (Wildman–Crippen LogP) is 1.60. The Bertz CT molecular complexity index is 500. The van der Waals surface area contributed by atoms with Gasteiger partial charge in [-0.05, 0) is 37.2 Å². The monoisotopic (exact) mass is 294 g/mol. The van der Waals surface area contributed by atoms with Crippen LogP contribution in [0.25, 0.3) is 0 Å². The summed E-state index contributed by atoms with van der Waals surface area (Å²) >= 11 is 0. The number of piperidine rings is 1. The highest BCUT2D eigenvalue weighted by atomic mass is 19.1. The van der Waals surface area contributed by atoms with Crippen molar-refractivity contribution in [2.24, 2.45) is 0 Å². The maximum atomic E-state index is 12.8. The molecule has 2 heterocycles. The first kappa shape index (κ1) is 14.4. The van der Waals surface area contributed by atoms with Gasteiger partial charge in [0.2, 0.25) is 5.91 Å². The number of amides is 1. The van der Waals surface area contributed by atoms with Crippen molar-refractivity contribution in [3.63, 3.8) is 0 Å². The number of nitrogens with zero attached hydrogens (tertiary/aromatic N) is 1. The van der Waals surface area contributed by atoms with Crippen LogP contribution in [0.1, 0.15) is 12.8 Å². The van der Waals surface area contributed by atoms with Crippen LogP contribution in [-0.2, 0) is 14.3 Å². The number of ether oxygens (including phenoxy) is 2. The van der Waals surface area contributed by atoms with Crippen LogP contribution in [0.3, 0.4) is 0 Å². The van der Waals surface area contributed by atoms with Gasteiger partial charge in [0, 0.05) is 12.1 Å². The van der Waals surface area contributed by atoms with Crippen LogP contribution < -0.4 is 5.32 Å². The first-order valence-corrected chi connectivity index (χ1v) is 7.21. The van der Waals surface area contributed by atoms with E-state index < -0.39 is 5.79 Å². The molecule has 0 radical (unpaired) electrons. The third-order valence-corrected chi connectivity index (χ3v) is 3.81. The second-order valence-corrected chi connectivity index (χ2v) is 5.48. The minimum Gasteiger partial charge on any atom is -0.346 e. The Morgan fingerprint density at radius 2 is 2.00 bits per heavy atom. The summed E-state index contributed by atoms with van der Waals surface area (Å²) < 4.78 is 24.2. The molecule has 0 saturated carbocycles. The largest absolute Gasteiger partial charge is 0.346 e. The Labute approximate surface area is 123 Å². The number of carbonyl (C=O) groups is 1. The van der Waals surface area contributed by atoms with Crippen LogP contribution >= 0.6 is 0 Å². The van der Waals surface area contributed by atoms with E-state index in [2.05, 4.69) is 5.32 Å². The maximum absolute atomic E-state index is 12.8. The van der Waals surface area contributed by atoms with Gasteiger partial charge >= 0.3 is 0 Å². The van der Waals surface area contributed by atoms with Gasteiger partial charge < -0.3 is 14.8 Å². The number of hydrogen-bond donors (Lipinski definition) is 1. The molecule has 6 heteroatoms. The molecule has 2 fully saturated rings. The molecule has 0 unspecified atom stereocenters. The molecule has 0 atom stereocenters. The zero-order valence-corrected chi connectivity index (χ0v) is 11.8. The summed E-state index contributed by atoms with van der Waals surface area (Å²) in [6.07, 6.45) is 1.83. The fourth-order valence-electron chi connectivity index (χ4n) is 2.88. The molecule has 0 aliphatic carbocycles. The zero-order valence-electron chi connectivity index (χ0n) is 11.8. The number of carbonyl (C=O) groups excluding carboxylic acids is 1. The topological polar surface area (TPSA) is 50.8 Å². The van der Waals surface area contributed by atoms with Crippen molar-refractivity contribution in [3.05, 3.63) is 30.1 Å². The minimum atomic E-state index is -0.519. The summed E-state index contributed by atoms with van der Waals surface area (Å²) in [6, 6.07) is 5.75. The van der Waals surface area contributed by atoms with Crippen LogP contribution in [0.2, 0.25) is 0 Å². The van der Waals surface area contributed by atoms with Gasteiger partial charge in [0.15, 0.2) is 5.79 Å². The van der Waals surface area contributed by atoms with E-state index in [0.29, 0.717) is 25.4 Å². The molecule has 5 nitrogen and oxygen atoms in total. The summed E-state index contributed by atoms with van der Waals surface area (Å²) in [4.78, 5) is 14.1. The third-order valence-electron chi connectivity index (χ3n) is 3.81. The van der Waals surface area contributed by atoms with E-state index in [1.54, 1.807) is 12.1 Å². The van der Waals surface area contributed by atoms with Crippen molar-refractivity contribution < 1.29 is 18.7 Å². The highest BCUT2D eigenvalue weighted by Gasteiger charge is 2.40. The molecule has 114 valence electrons. The van der Waals surface area contributed by atoms with E-state index in [9.17, 15) is 9.18 Å².